The van der Waals surface area contributed by atoms with Crippen molar-refractivity contribution in [3.8, 4) is 11.6 Å². The maximum atomic E-state index is 13.2. The van der Waals surface area contributed by atoms with Gasteiger partial charge in [-0.25, -0.2) is 18.9 Å². The lowest BCUT2D eigenvalue weighted by molar-refractivity contribution is -0.117. The molecule has 0 aliphatic carbocycles. The number of fused-ring (bicyclic) bond motifs is 3. The van der Waals surface area contributed by atoms with E-state index in [0.29, 0.717) is 22.5 Å². The number of aryl methyl sites for hydroxylation is 2. The zero-order valence-corrected chi connectivity index (χ0v) is 18.1. The topological polar surface area (TPSA) is 90.5 Å². The van der Waals surface area contributed by atoms with Gasteiger partial charge in [0.05, 0.1) is 11.0 Å². The summed E-state index contributed by atoms with van der Waals surface area (Å²) in [4.78, 5) is 30.5. The number of ether oxygens (including phenoxy) is 1. The highest BCUT2D eigenvalue weighted by atomic mass is 16.5. The summed E-state index contributed by atoms with van der Waals surface area (Å²) in [5, 5.41) is 7.25. The number of aromatic nitrogens is 4. The fourth-order valence-corrected chi connectivity index (χ4v) is 3.72. The van der Waals surface area contributed by atoms with Crippen molar-refractivity contribution in [2.24, 2.45) is 0 Å². The lowest BCUT2D eigenvalue weighted by Gasteiger charge is -2.08. The van der Waals surface area contributed by atoms with Crippen LogP contribution in [0.2, 0.25) is 0 Å². The van der Waals surface area contributed by atoms with Gasteiger partial charge in [-0.05, 0) is 49.7 Å². The van der Waals surface area contributed by atoms with Crippen LogP contribution in [0.25, 0.3) is 16.7 Å². The molecule has 164 valence electrons. The highest BCUT2D eigenvalue weighted by molar-refractivity contribution is 5.91. The standard InChI is InChI=1S/C25H21N5O3/c1-16-12-13-19(17(2)14-16)26-22(31)15-29-25(32)30-21-11-7-6-10-20(21)27-24(23(30)28-29)33-18-8-4-3-5-9-18/h3-14H,15H2,1-2H3,(H,26,31). The second kappa shape index (κ2) is 8.23. The Morgan fingerprint density at radius 3 is 2.55 bits per heavy atom. The van der Waals surface area contributed by atoms with Crippen molar-refractivity contribution in [2.45, 2.75) is 20.4 Å². The Bertz CT molecular complexity index is 1550. The second-order valence-corrected chi connectivity index (χ2v) is 7.79. The molecular formula is C25H21N5O3. The third-order valence-corrected chi connectivity index (χ3v) is 5.28. The van der Waals surface area contributed by atoms with E-state index in [9.17, 15) is 9.59 Å². The van der Waals surface area contributed by atoms with Gasteiger partial charge in [-0.2, -0.15) is 0 Å². The minimum atomic E-state index is -0.447. The molecule has 0 saturated heterocycles. The third-order valence-electron chi connectivity index (χ3n) is 5.28. The molecule has 0 aliphatic rings. The van der Waals surface area contributed by atoms with Crippen molar-refractivity contribution in [1.29, 1.82) is 0 Å². The largest absolute Gasteiger partial charge is 0.436 e. The van der Waals surface area contributed by atoms with Gasteiger partial charge in [0.25, 0.3) is 5.88 Å². The van der Waals surface area contributed by atoms with Crippen molar-refractivity contribution in [3.05, 3.63) is 94.4 Å². The van der Waals surface area contributed by atoms with Crippen molar-refractivity contribution < 1.29 is 9.53 Å². The number of carbonyl (C=O) groups excluding carboxylic acids is 1. The number of anilines is 1. The quantitative estimate of drug-likeness (QED) is 0.445. The molecule has 1 amide bonds. The Labute approximate surface area is 189 Å². The van der Waals surface area contributed by atoms with Gasteiger partial charge in [0.1, 0.15) is 12.3 Å². The van der Waals surface area contributed by atoms with Crippen LogP contribution in [-0.4, -0.2) is 25.1 Å². The van der Waals surface area contributed by atoms with Crippen LogP contribution in [0, 0.1) is 13.8 Å². The minimum absolute atomic E-state index is 0.186. The zero-order chi connectivity index (χ0) is 22.9. The van der Waals surface area contributed by atoms with Gasteiger partial charge in [0.15, 0.2) is 0 Å². The van der Waals surface area contributed by atoms with E-state index in [1.165, 1.54) is 4.40 Å². The lowest BCUT2D eigenvalue weighted by Crippen LogP contribution is -2.28. The van der Waals surface area contributed by atoms with Crippen LogP contribution in [0.4, 0.5) is 5.69 Å². The summed E-state index contributed by atoms with van der Waals surface area (Å²) in [5.41, 5.74) is 3.70. The number of benzene rings is 3. The van der Waals surface area contributed by atoms with E-state index in [0.717, 1.165) is 15.8 Å². The number of carbonyl (C=O) groups is 1. The predicted molar refractivity (Wildman–Crippen MR) is 126 cm³/mol. The van der Waals surface area contributed by atoms with Gasteiger partial charge in [0, 0.05) is 5.69 Å². The molecule has 0 aliphatic heterocycles. The van der Waals surface area contributed by atoms with Gasteiger partial charge in [0.2, 0.25) is 11.6 Å². The van der Waals surface area contributed by atoms with Crippen molar-refractivity contribution in [1.82, 2.24) is 19.2 Å². The monoisotopic (exact) mass is 439 g/mol. The second-order valence-electron chi connectivity index (χ2n) is 7.79. The fraction of sp³-hybridized carbons (Fsp3) is 0.120. The first-order valence-corrected chi connectivity index (χ1v) is 10.5. The highest BCUT2D eigenvalue weighted by Gasteiger charge is 2.19. The van der Waals surface area contributed by atoms with Gasteiger partial charge in [-0.3, -0.25) is 4.79 Å². The SMILES string of the molecule is Cc1ccc(NC(=O)Cn2nc3c(Oc4ccccc4)nc4ccccc4n3c2=O)c(C)c1. The molecule has 8 heteroatoms. The Hall–Kier alpha value is -4.46. The molecule has 5 aromatic rings. The number of rotatable bonds is 5. The van der Waals surface area contributed by atoms with Gasteiger partial charge in [-0.15, -0.1) is 5.10 Å². The summed E-state index contributed by atoms with van der Waals surface area (Å²) in [6.07, 6.45) is 0. The van der Waals surface area contributed by atoms with E-state index >= 15 is 0 Å². The molecule has 5 rings (SSSR count). The number of hydrogen-bond donors (Lipinski definition) is 1. The van der Waals surface area contributed by atoms with Crippen LogP contribution in [0.1, 0.15) is 11.1 Å². The number of nitrogens with one attached hydrogen (secondary N) is 1. The molecule has 2 aromatic heterocycles. The molecule has 3 aromatic carbocycles. The van der Waals surface area contributed by atoms with Crippen LogP contribution in [-0.2, 0) is 11.3 Å². The predicted octanol–water partition coefficient (Wildman–Crippen LogP) is 4.09. The molecule has 2 heterocycles. The first-order valence-electron chi connectivity index (χ1n) is 10.5. The Balaban J connectivity index is 1.55. The van der Waals surface area contributed by atoms with Crippen LogP contribution < -0.4 is 15.7 Å². The molecule has 1 N–H and O–H groups in total. The summed E-state index contributed by atoms with van der Waals surface area (Å²) in [6, 6.07) is 22.1. The summed E-state index contributed by atoms with van der Waals surface area (Å²) >= 11 is 0. The van der Waals surface area contributed by atoms with Crippen LogP contribution in [0.15, 0.2) is 77.6 Å². The fourth-order valence-electron chi connectivity index (χ4n) is 3.72. The van der Waals surface area contributed by atoms with E-state index in [2.05, 4.69) is 15.4 Å². The molecule has 0 atom stereocenters. The lowest BCUT2D eigenvalue weighted by atomic mass is 10.1. The molecule has 8 nitrogen and oxygen atoms in total. The van der Waals surface area contributed by atoms with Crippen LogP contribution >= 0.6 is 0 Å². The summed E-state index contributed by atoms with van der Waals surface area (Å²) in [5.74, 6) is 0.401. The van der Waals surface area contributed by atoms with Gasteiger partial charge < -0.3 is 10.1 Å². The van der Waals surface area contributed by atoms with E-state index in [1.807, 2.05) is 62.4 Å². The number of nitrogens with zero attached hydrogens (tertiary/aromatic N) is 4. The zero-order valence-electron chi connectivity index (χ0n) is 18.1. The Morgan fingerprint density at radius 2 is 1.76 bits per heavy atom. The van der Waals surface area contributed by atoms with E-state index in [1.54, 1.807) is 24.3 Å². The average Bonchev–Trinajstić information content (AvgIpc) is 3.13. The molecule has 0 radical (unpaired) electrons. The summed E-state index contributed by atoms with van der Waals surface area (Å²) in [7, 11) is 0. The average molecular weight is 439 g/mol. The highest BCUT2D eigenvalue weighted by Crippen LogP contribution is 2.25. The molecular weight excluding hydrogens is 418 g/mol. The molecule has 0 unspecified atom stereocenters. The molecule has 0 spiro atoms. The van der Waals surface area contributed by atoms with Crippen LogP contribution in [0.5, 0.6) is 11.6 Å². The van der Waals surface area contributed by atoms with Crippen molar-refractivity contribution >= 4 is 28.3 Å². The molecule has 0 saturated carbocycles. The van der Waals surface area contributed by atoms with E-state index in [4.69, 9.17) is 4.74 Å². The Morgan fingerprint density at radius 1 is 1.00 bits per heavy atom. The van der Waals surface area contributed by atoms with E-state index in [-0.39, 0.29) is 24.0 Å². The molecule has 0 fully saturated rings. The third kappa shape index (κ3) is 3.94. The van der Waals surface area contributed by atoms with Gasteiger partial charge in [-0.1, -0.05) is 48.0 Å². The molecule has 33 heavy (non-hydrogen) atoms. The van der Waals surface area contributed by atoms with Gasteiger partial charge >= 0.3 is 5.69 Å². The summed E-state index contributed by atoms with van der Waals surface area (Å²) < 4.78 is 8.50. The molecule has 0 bridgehead atoms. The maximum Gasteiger partial charge on any atom is 0.351 e. The first kappa shape index (κ1) is 20.4. The Kier molecular flexibility index (Phi) is 5.10. The van der Waals surface area contributed by atoms with E-state index < -0.39 is 5.69 Å². The van der Waals surface area contributed by atoms with Crippen molar-refractivity contribution in [3.63, 3.8) is 0 Å². The van der Waals surface area contributed by atoms with Crippen LogP contribution in [0.3, 0.4) is 0 Å². The van der Waals surface area contributed by atoms with Crippen molar-refractivity contribution in [2.75, 3.05) is 5.32 Å². The number of para-hydroxylation sites is 3. The first-order chi connectivity index (χ1) is 16.0. The number of hydrogen-bond acceptors (Lipinski definition) is 5. The number of amides is 1. The normalized spacial score (nSPS) is 11.1. The summed E-state index contributed by atoms with van der Waals surface area (Å²) in [6.45, 7) is 3.67. The smallest absolute Gasteiger partial charge is 0.351 e. The maximum absolute atomic E-state index is 13.2. The minimum Gasteiger partial charge on any atom is -0.436 e.